The molecule has 4 atom stereocenters. The van der Waals surface area contributed by atoms with E-state index in [4.69, 9.17) is 38.1 Å². The summed E-state index contributed by atoms with van der Waals surface area (Å²) in [6, 6.07) is 11.0. The number of ether oxygens (including phenoxy) is 2. The molecule has 2 aliphatic rings. The number of nitrogens with zero attached hydrogens (tertiary/aromatic N) is 3. The number of hydrogen-bond acceptors (Lipinski definition) is 6. The summed E-state index contributed by atoms with van der Waals surface area (Å²) in [7, 11) is 0. The Morgan fingerprint density at radius 1 is 1.14 bits per heavy atom. The fraction of sp³-hybridized carbons (Fsp3) is 0.500. The van der Waals surface area contributed by atoms with E-state index in [1.54, 1.807) is 18.2 Å². The molecule has 2 heterocycles. The summed E-state index contributed by atoms with van der Waals surface area (Å²) in [5.41, 5.74) is -3.48. The molecule has 0 saturated carbocycles. The van der Waals surface area contributed by atoms with E-state index >= 15 is 0 Å². The standard InChI is InChI=1S/C20H18Cl2N4O2/c1-3-8-20-14(4-2)19(11-25,17(26)28-20)18(9-23,10-24)16(27-20)12-6-5-7-13(21)15(12)22/h5-7,14,16,26H,3-4,8H2,1-2H3. The van der Waals surface area contributed by atoms with Gasteiger partial charge in [-0.2, -0.15) is 15.8 Å². The summed E-state index contributed by atoms with van der Waals surface area (Å²) in [5.74, 6) is -2.34. The normalized spacial score (nSPS) is 32.7. The summed E-state index contributed by atoms with van der Waals surface area (Å²) in [6.45, 7) is 3.76. The van der Waals surface area contributed by atoms with Gasteiger partial charge < -0.3 is 9.47 Å². The average Bonchev–Trinajstić information content (AvgIpc) is 2.88. The van der Waals surface area contributed by atoms with Gasteiger partial charge in [0, 0.05) is 12.0 Å². The van der Waals surface area contributed by atoms with Gasteiger partial charge in [-0.15, -0.1) is 0 Å². The van der Waals surface area contributed by atoms with Gasteiger partial charge in [-0.25, -0.2) is 0 Å². The van der Waals surface area contributed by atoms with E-state index in [-0.39, 0.29) is 10.0 Å². The zero-order chi connectivity index (χ0) is 20.7. The van der Waals surface area contributed by atoms with E-state index in [1.807, 2.05) is 26.0 Å². The molecule has 0 spiro atoms. The molecule has 2 saturated heterocycles. The van der Waals surface area contributed by atoms with Crippen molar-refractivity contribution in [2.45, 2.75) is 45.0 Å². The lowest BCUT2D eigenvalue weighted by atomic mass is 9.52. The van der Waals surface area contributed by atoms with Gasteiger partial charge in [-0.3, -0.25) is 5.41 Å². The Labute approximate surface area is 173 Å². The lowest BCUT2D eigenvalue weighted by Crippen LogP contribution is -2.59. The Morgan fingerprint density at radius 2 is 1.82 bits per heavy atom. The second-order valence-electron chi connectivity index (χ2n) is 7.05. The van der Waals surface area contributed by atoms with Crippen LogP contribution in [0.15, 0.2) is 18.2 Å². The van der Waals surface area contributed by atoms with Crippen molar-refractivity contribution >= 4 is 29.1 Å². The van der Waals surface area contributed by atoms with E-state index in [0.717, 1.165) is 0 Å². The molecular weight excluding hydrogens is 399 g/mol. The summed E-state index contributed by atoms with van der Waals surface area (Å²) in [6.07, 6.45) is 0.258. The number of nitrogens with one attached hydrogen (secondary N) is 1. The van der Waals surface area contributed by atoms with Gasteiger partial charge in [0.25, 0.3) is 0 Å². The van der Waals surface area contributed by atoms with Gasteiger partial charge in [0.1, 0.15) is 6.10 Å². The number of benzene rings is 1. The van der Waals surface area contributed by atoms with Gasteiger partial charge >= 0.3 is 0 Å². The predicted molar refractivity (Wildman–Crippen MR) is 102 cm³/mol. The lowest BCUT2D eigenvalue weighted by Gasteiger charge is -2.49. The average molecular weight is 417 g/mol. The first kappa shape index (κ1) is 20.4. The maximum absolute atomic E-state index is 10.2. The Bertz CT molecular complexity index is 946. The highest BCUT2D eigenvalue weighted by molar-refractivity contribution is 6.42. The second kappa shape index (κ2) is 6.94. The zero-order valence-corrected chi connectivity index (χ0v) is 16.9. The Balaban J connectivity index is 2.39. The van der Waals surface area contributed by atoms with Gasteiger partial charge in [0.15, 0.2) is 5.41 Å². The molecule has 4 unspecified atom stereocenters. The van der Waals surface area contributed by atoms with Crippen molar-refractivity contribution in [1.29, 1.82) is 21.2 Å². The van der Waals surface area contributed by atoms with E-state index in [0.29, 0.717) is 24.8 Å². The van der Waals surface area contributed by atoms with Crippen molar-refractivity contribution in [3.63, 3.8) is 0 Å². The largest absolute Gasteiger partial charge is 0.447 e. The van der Waals surface area contributed by atoms with Gasteiger partial charge in [-0.1, -0.05) is 49.2 Å². The van der Waals surface area contributed by atoms with Crippen LogP contribution in [0.3, 0.4) is 0 Å². The molecule has 1 N–H and O–H groups in total. The van der Waals surface area contributed by atoms with Gasteiger partial charge in [0.05, 0.1) is 34.2 Å². The molecule has 28 heavy (non-hydrogen) atoms. The van der Waals surface area contributed by atoms with Crippen molar-refractivity contribution < 1.29 is 9.47 Å². The smallest absolute Gasteiger partial charge is 0.217 e. The van der Waals surface area contributed by atoms with Crippen LogP contribution in [-0.4, -0.2) is 11.7 Å². The predicted octanol–water partition coefficient (Wildman–Crippen LogP) is 5.14. The quantitative estimate of drug-likeness (QED) is 0.729. The van der Waals surface area contributed by atoms with E-state index < -0.39 is 34.5 Å². The van der Waals surface area contributed by atoms with E-state index in [1.165, 1.54) is 0 Å². The van der Waals surface area contributed by atoms with Crippen LogP contribution < -0.4 is 0 Å². The van der Waals surface area contributed by atoms with Crippen LogP contribution in [0.25, 0.3) is 0 Å². The maximum Gasteiger partial charge on any atom is 0.217 e. The topological polar surface area (TPSA) is 114 Å². The molecule has 0 aliphatic carbocycles. The van der Waals surface area contributed by atoms with Crippen molar-refractivity contribution in [2.75, 3.05) is 0 Å². The summed E-state index contributed by atoms with van der Waals surface area (Å²) in [4.78, 5) is 0. The summed E-state index contributed by atoms with van der Waals surface area (Å²) >= 11 is 12.6. The highest BCUT2D eigenvalue weighted by Crippen LogP contribution is 2.68. The first-order chi connectivity index (χ1) is 13.3. The summed E-state index contributed by atoms with van der Waals surface area (Å²) < 4.78 is 12.2. The molecule has 1 aromatic rings. The maximum atomic E-state index is 10.2. The number of halogens is 2. The number of hydrogen-bond donors (Lipinski definition) is 1. The minimum Gasteiger partial charge on any atom is -0.447 e. The fourth-order valence-corrected chi connectivity index (χ4v) is 5.08. The van der Waals surface area contributed by atoms with Crippen LogP contribution in [-0.2, 0) is 9.47 Å². The third kappa shape index (κ3) is 2.25. The third-order valence-corrected chi connectivity index (χ3v) is 6.65. The first-order valence-corrected chi connectivity index (χ1v) is 9.73. The number of fused-ring (bicyclic) bond motifs is 2. The van der Waals surface area contributed by atoms with Crippen LogP contribution in [0.1, 0.15) is 44.8 Å². The van der Waals surface area contributed by atoms with Crippen LogP contribution in [0.2, 0.25) is 10.0 Å². The first-order valence-electron chi connectivity index (χ1n) is 8.97. The SMILES string of the molecule is CCCC12OC(=N)C(C#N)(C1CC)C(C#N)(C#N)C(c1cccc(Cl)c1Cl)O2. The van der Waals surface area contributed by atoms with Gasteiger partial charge in [0.2, 0.25) is 17.1 Å². The van der Waals surface area contributed by atoms with E-state index in [9.17, 15) is 15.8 Å². The lowest BCUT2D eigenvalue weighted by molar-refractivity contribution is -0.286. The van der Waals surface area contributed by atoms with Crippen LogP contribution in [0.5, 0.6) is 0 Å². The molecule has 0 radical (unpaired) electrons. The molecule has 3 rings (SSSR count). The molecule has 6 nitrogen and oxygen atoms in total. The van der Waals surface area contributed by atoms with Crippen molar-refractivity contribution in [3.8, 4) is 18.2 Å². The van der Waals surface area contributed by atoms with E-state index in [2.05, 4.69) is 6.07 Å². The molecule has 1 aromatic carbocycles. The van der Waals surface area contributed by atoms with Crippen molar-refractivity contribution in [2.24, 2.45) is 16.7 Å². The molecule has 8 heteroatoms. The molecule has 0 amide bonds. The van der Waals surface area contributed by atoms with Crippen LogP contribution >= 0.6 is 23.2 Å². The highest BCUT2D eigenvalue weighted by atomic mass is 35.5. The molecular formula is C20H18Cl2N4O2. The Kier molecular flexibility index (Phi) is 5.07. The minimum absolute atomic E-state index is 0.143. The van der Waals surface area contributed by atoms with Crippen molar-refractivity contribution in [1.82, 2.24) is 0 Å². The van der Waals surface area contributed by atoms with Crippen LogP contribution in [0, 0.1) is 56.2 Å². The Hall–Kier alpha value is -2.30. The number of rotatable bonds is 4. The fourth-order valence-electron chi connectivity index (χ4n) is 4.67. The monoisotopic (exact) mass is 416 g/mol. The molecule has 144 valence electrons. The summed E-state index contributed by atoms with van der Waals surface area (Å²) in [5, 5.41) is 39.4. The van der Waals surface area contributed by atoms with Gasteiger partial charge in [-0.05, 0) is 18.9 Å². The minimum atomic E-state index is -2.03. The third-order valence-electron chi connectivity index (χ3n) is 5.82. The van der Waals surface area contributed by atoms with Crippen molar-refractivity contribution in [3.05, 3.63) is 33.8 Å². The highest BCUT2D eigenvalue weighted by Gasteiger charge is 2.79. The molecule has 0 aromatic heterocycles. The second-order valence-corrected chi connectivity index (χ2v) is 7.83. The molecule has 2 bridgehead atoms. The number of nitriles is 3. The Morgan fingerprint density at radius 3 is 2.36 bits per heavy atom. The van der Waals surface area contributed by atoms with Crippen LogP contribution in [0.4, 0.5) is 0 Å². The molecule has 2 aliphatic heterocycles. The zero-order valence-electron chi connectivity index (χ0n) is 15.4. The molecule has 2 fully saturated rings.